The van der Waals surface area contributed by atoms with Crippen LogP contribution >= 0.6 is 0 Å². The summed E-state index contributed by atoms with van der Waals surface area (Å²) in [6.45, 7) is 7.22. The first-order chi connectivity index (χ1) is 15.6. The van der Waals surface area contributed by atoms with Crippen LogP contribution in [0.4, 0.5) is 4.79 Å². The van der Waals surface area contributed by atoms with Crippen molar-refractivity contribution in [1.82, 2.24) is 10.2 Å². The summed E-state index contributed by atoms with van der Waals surface area (Å²) in [5.74, 6) is -2.15. The van der Waals surface area contributed by atoms with Gasteiger partial charge >= 0.3 is 12.1 Å². The average Bonchev–Trinajstić information content (AvgIpc) is 3.08. The third-order valence-electron chi connectivity index (χ3n) is 6.20. The van der Waals surface area contributed by atoms with Crippen LogP contribution in [0.25, 0.3) is 11.1 Å². The first-order valence-corrected chi connectivity index (χ1v) is 11.2. The lowest BCUT2D eigenvalue weighted by Gasteiger charge is -2.32. The van der Waals surface area contributed by atoms with Gasteiger partial charge in [0.25, 0.3) is 0 Å². The van der Waals surface area contributed by atoms with Crippen molar-refractivity contribution in [3.05, 3.63) is 59.7 Å². The van der Waals surface area contributed by atoms with Crippen LogP contribution in [0.5, 0.6) is 0 Å². The number of ether oxygens (including phenoxy) is 1. The van der Waals surface area contributed by atoms with Gasteiger partial charge in [-0.15, -0.1) is 0 Å². The van der Waals surface area contributed by atoms with Gasteiger partial charge in [0.15, 0.2) is 0 Å². The van der Waals surface area contributed by atoms with E-state index in [0.717, 1.165) is 22.3 Å². The average molecular weight is 453 g/mol. The monoisotopic (exact) mass is 452 g/mol. The van der Waals surface area contributed by atoms with Gasteiger partial charge in [0.1, 0.15) is 18.7 Å². The molecule has 0 fully saturated rings. The number of nitrogens with one attached hydrogen (secondary N) is 1. The van der Waals surface area contributed by atoms with Crippen molar-refractivity contribution in [2.45, 2.75) is 45.7 Å². The van der Waals surface area contributed by atoms with E-state index in [9.17, 15) is 19.5 Å². The normalized spacial score (nSPS) is 14.4. The highest BCUT2D eigenvalue weighted by molar-refractivity contribution is 5.89. The number of fused-ring (bicyclic) bond motifs is 3. The molecule has 0 unspecified atom stereocenters. The summed E-state index contributed by atoms with van der Waals surface area (Å²) in [5, 5.41) is 12.2. The Morgan fingerprint density at radius 1 is 0.939 bits per heavy atom. The number of alkyl carbamates (subject to hydrolysis) is 1. The largest absolute Gasteiger partial charge is 0.480 e. The van der Waals surface area contributed by atoms with Crippen molar-refractivity contribution in [3.63, 3.8) is 0 Å². The number of rotatable bonds is 8. The Balaban J connectivity index is 1.70. The van der Waals surface area contributed by atoms with E-state index in [4.69, 9.17) is 4.74 Å². The third kappa shape index (κ3) is 5.02. The topological polar surface area (TPSA) is 95.9 Å². The number of hydrogen-bond donors (Lipinski definition) is 2. The van der Waals surface area contributed by atoms with E-state index in [1.54, 1.807) is 27.7 Å². The lowest BCUT2D eigenvalue weighted by molar-refractivity contribution is -0.152. The molecule has 2 amide bonds. The van der Waals surface area contributed by atoms with Gasteiger partial charge < -0.3 is 20.1 Å². The molecule has 7 nitrogen and oxygen atoms in total. The lowest BCUT2D eigenvalue weighted by Crippen LogP contribution is -2.55. The van der Waals surface area contributed by atoms with E-state index in [2.05, 4.69) is 17.4 Å². The first-order valence-electron chi connectivity index (χ1n) is 11.2. The molecule has 0 aromatic heterocycles. The molecule has 2 N–H and O–H groups in total. The number of carboxylic acids is 1. The zero-order chi connectivity index (χ0) is 24.3. The van der Waals surface area contributed by atoms with E-state index in [1.165, 1.54) is 11.9 Å². The van der Waals surface area contributed by atoms with Crippen LogP contribution in [-0.2, 0) is 14.3 Å². The number of aliphatic carboxylic acids is 1. The zero-order valence-electron chi connectivity index (χ0n) is 19.7. The second-order valence-corrected chi connectivity index (χ2v) is 9.17. The maximum atomic E-state index is 13.1. The summed E-state index contributed by atoms with van der Waals surface area (Å²) in [6, 6.07) is 14.2. The number of amides is 2. The summed E-state index contributed by atoms with van der Waals surface area (Å²) in [5.41, 5.74) is 4.47. The van der Waals surface area contributed by atoms with E-state index in [1.807, 2.05) is 36.4 Å². The van der Waals surface area contributed by atoms with Gasteiger partial charge in [-0.05, 0) is 34.1 Å². The standard InChI is InChI=1S/C26H32N2O5/c1-15(2)22(24(29)28(5)23(16(3)4)25(30)31)27-26(32)33-14-21-19-12-8-6-10-17(19)18-11-7-9-13-20(18)21/h6-13,15-16,21-23H,14H2,1-5H3,(H,27,32)(H,30,31)/t22-,23-/m0/s1. The molecule has 176 valence electrons. The number of likely N-dealkylation sites (N-methyl/N-ethyl adjacent to an activating group) is 1. The number of benzene rings is 2. The molecule has 1 aliphatic rings. The van der Waals surface area contributed by atoms with Crippen molar-refractivity contribution in [2.24, 2.45) is 11.8 Å². The lowest BCUT2D eigenvalue weighted by atomic mass is 9.98. The molecule has 0 saturated heterocycles. The summed E-state index contributed by atoms with van der Waals surface area (Å²) < 4.78 is 5.57. The molecule has 0 heterocycles. The van der Waals surface area contributed by atoms with Crippen LogP contribution in [0.2, 0.25) is 0 Å². The minimum atomic E-state index is -1.08. The fourth-order valence-electron chi connectivity index (χ4n) is 4.54. The molecule has 2 atom stereocenters. The first kappa shape index (κ1) is 24.3. The molecule has 7 heteroatoms. The molecule has 0 bridgehead atoms. The fraction of sp³-hybridized carbons (Fsp3) is 0.423. The predicted octanol–water partition coefficient (Wildman–Crippen LogP) is 4.12. The van der Waals surface area contributed by atoms with Gasteiger partial charge in [-0.25, -0.2) is 9.59 Å². The van der Waals surface area contributed by atoms with Crippen LogP contribution in [0.3, 0.4) is 0 Å². The summed E-state index contributed by atoms with van der Waals surface area (Å²) >= 11 is 0. The zero-order valence-corrected chi connectivity index (χ0v) is 19.7. The van der Waals surface area contributed by atoms with Crippen LogP contribution < -0.4 is 5.32 Å². The predicted molar refractivity (Wildman–Crippen MR) is 126 cm³/mol. The van der Waals surface area contributed by atoms with Crippen molar-refractivity contribution in [2.75, 3.05) is 13.7 Å². The quantitative estimate of drug-likeness (QED) is 0.628. The van der Waals surface area contributed by atoms with Gasteiger partial charge in [0.05, 0.1) is 0 Å². The Morgan fingerprint density at radius 3 is 1.91 bits per heavy atom. The van der Waals surface area contributed by atoms with Crippen molar-refractivity contribution < 1.29 is 24.2 Å². The number of carboxylic acid groups (broad SMARTS) is 1. The van der Waals surface area contributed by atoms with Gasteiger partial charge in [0.2, 0.25) is 5.91 Å². The summed E-state index contributed by atoms with van der Waals surface area (Å²) in [6.07, 6.45) is -0.700. The molecule has 0 radical (unpaired) electrons. The maximum absolute atomic E-state index is 13.1. The van der Waals surface area contributed by atoms with E-state index >= 15 is 0 Å². The van der Waals surface area contributed by atoms with Crippen molar-refractivity contribution in [3.8, 4) is 11.1 Å². The molecule has 0 aliphatic heterocycles. The SMILES string of the molecule is CC(C)[C@H](NC(=O)OCC1c2ccccc2-c2ccccc21)C(=O)N(C)[C@H](C(=O)O)C(C)C. The van der Waals surface area contributed by atoms with E-state index in [-0.39, 0.29) is 24.4 Å². The van der Waals surface area contributed by atoms with Gasteiger partial charge in [-0.2, -0.15) is 0 Å². The van der Waals surface area contributed by atoms with E-state index in [0.29, 0.717) is 0 Å². The number of hydrogen-bond acceptors (Lipinski definition) is 4. The molecule has 3 rings (SSSR count). The van der Waals surface area contributed by atoms with E-state index < -0.39 is 30.1 Å². The molecule has 2 aromatic carbocycles. The van der Waals surface area contributed by atoms with Crippen LogP contribution in [0.1, 0.15) is 44.7 Å². The highest BCUT2D eigenvalue weighted by Crippen LogP contribution is 2.44. The molecule has 1 aliphatic carbocycles. The Kier molecular flexibility index (Phi) is 7.41. The van der Waals surface area contributed by atoms with Crippen LogP contribution in [0.15, 0.2) is 48.5 Å². The fourth-order valence-corrected chi connectivity index (χ4v) is 4.54. The van der Waals surface area contributed by atoms with Gasteiger partial charge in [-0.3, -0.25) is 4.79 Å². The van der Waals surface area contributed by atoms with Gasteiger partial charge in [-0.1, -0.05) is 76.2 Å². The Labute approximate surface area is 194 Å². The molecular weight excluding hydrogens is 420 g/mol. The summed E-state index contributed by atoms with van der Waals surface area (Å²) in [4.78, 5) is 38.6. The number of carbonyl (C=O) groups excluding carboxylic acids is 2. The number of nitrogens with zero attached hydrogens (tertiary/aromatic N) is 1. The number of carbonyl (C=O) groups is 3. The molecule has 0 saturated carbocycles. The van der Waals surface area contributed by atoms with Crippen molar-refractivity contribution in [1.29, 1.82) is 0 Å². The van der Waals surface area contributed by atoms with Gasteiger partial charge in [0, 0.05) is 13.0 Å². The molecule has 0 spiro atoms. The minimum Gasteiger partial charge on any atom is -0.480 e. The molecular formula is C26H32N2O5. The Hall–Kier alpha value is -3.35. The molecule has 33 heavy (non-hydrogen) atoms. The Bertz CT molecular complexity index is 987. The second kappa shape index (κ2) is 10.1. The molecule has 2 aromatic rings. The van der Waals surface area contributed by atoms with Crippen LogP contribution in [-0.4, -0.2) is 53.7 Å². The van der Waals surface area contributed by atoms with Crippen molar-refractivity contribution >= 4 is 18.0 Å². The third-order valence-corrected chi connectivity index (χ3v) is 6.20. The Morgan fingerprint density at radius 2 is 1.45 bits per heavy atom. The summed E-state index contributed by atoms with van der Waals surface area (Å²) in [7, 11) is 1.45. The highest BCUT2D eigenvalue weighted by Gasteiger charge is 2.36. The smallest absolute Gasteiger partial charge is 0.407 e. The minimum absolute atomic E-state index is 0.0867. The maximum Gasteiger partial charge on any atom is 0.407 e. The van der Waals surface area contributed by atoms with Crippen LogP contribution in [0, 0.1) is 11.8 Å². The highest BCUT2D eigenvalue weighted by atomic mass is 16.5. The second-order valence-electron chi connectivity index (χ2n) is 9.17.